The molecule has 2 N–H and O–H groups in total. The number of rotatable bonds is 7. The van der Waals surface area contributed by atoms with Crippen LogP contribution in [0.1, 0.15) is 50.6 Å². The number of halogens is 4. The van der Waals surface area contributed by atoms with Gasteiger partial charge in [-0.3, -0.25) is 14.2 Å². The lowest BCUT2D eigenvalue weighted by Crippen LogP contribution is -2.26. The first-order valence-electron chi connectivity index (χ1n) is 12.3. The van der Waals surface area contributed by atoms with Crippen molar-refractivity contribution in [1.29, 1.82) is 0 Å². The van der Waals surface area contributed by atoms with Crippen molar-refractivity contribution in [2.24, 2.45) is 5.14 Å². The number of benzene rings is 1. The third-order valence-corrected chi connectivity index (χ3v) is 7.55. The van der Waals surface area contributed by atoms with E-state index in [0.29, 0.717) is 34.1 Å². The fourth-order valence-corrected chi connectivity index (χ4v) is 5.04. The molecule has 220 valence electrons. The predicted molar refractivity (Wildman–Crippen MR) is 135 cm³/mol. The normalized spacial score (nSPS) is 13.4. The number of nitrogens with zero attached hydrogens (tertiary/aromatic N) is 7. The van der Waals surface area contributed by atoms with Crippen molar-refractivity contribution >= 4 is 21.8 Å². The Hall–Kier alpha value is -4.51. The summed E-state index contributed by atoms with van der Waals surface area (Å²) in [7, 11) is -4.20. The number of hydrogen-bond acceptors (Lipinski definition) is 8. The van der Waals surface area contributed by atoms with E-state index in [1.807, 2.05) is 0 Å². The van der Waals surface area contributed by atoms with Crippen LogP contribution >= 0.6 is 0 Å². The fourth-order valence-electron chi connectivity index (χ4n) is 4.58. The largest absolute Gasteiger partial charge is 0.416 e. The second-order valence-electron chi connectivity index (χ2n) is 9.67. The number of primary sulfonamides is 1. The summed E-state index contributed by atoms with van der Waals surface area (Å²) >= 11 is 0. The van der Waals surface area contributed by atoms with E-state index in [1.165, 1.54) is 28.2 Å². The zero-order valence-corrected chi connectivity index (χ0v) is 22.7. The molecular weight excluding hydrogens is 584 g/mol. The number of aromatic nitrogens is 6. The van der Waals surface area contributed by atoms with Crippen LogP contribution in [0.3, 0.4) is 0 Å². The summed E-state index contributed by atoms with van der Waals surface area (Å²) < 4.78 is 78.3. The maximum Gasteiger partial charge on any atom is 0.416 e. The Balaban J connectivity index is 1.25. The van der Waals surface area contributed by atoms with Gasteiger partial charge in [-0.15, -0.1) is 10.2 Å². The first-order chi connectivity index (χ1) is 19.7. The number of tetrazole rings is 1. The second-order valence-corrected chi connectivity index (χ2v) is 11.2. The van der Waals surface area contributed by atoms with Crippen LogP contribution in [0.25, 0.3) is 0 Å². The van der Waals surface area contributed by atoms with Gasteiger partial charge in [-0.25, -0.2) is 22.9 Å². The molecule has 12 nitrogen and oxygen atoms in total. The number of alkyl halides is 3. The Morgan fingerprint density at radius 2 is 1.76 bits per heavy atom. The van der Waals surface area contributed by atoms with Gasteiger partial charge in [0.1, 0.15) is 4.90 Å². The molecule has 42 heavy (non-hydrogen) atoms. The Bertz CT molecular complexity index is 1790. The minimum atomic E-state index is -4.55. The zero-order valence-electron chi connectivity index (χ0n) is 21.8. The number of nitrogens with two attached hydrogens (primary N) is 1. The van der Waals surface area contributed by atoms with Crippen molar-refractivity contribution in [3.63, 3.8) is 0 Å². The molecule has 3 aromatic heterocycles. The molecule has 1 aliphatic rings. The minimum Gasteiger partial charge on any atom is -0.334 e. The third-order valence-electron chi connectivity index (χ3n) is 6.67. The van der Waals surface area contributed by atoms with E-state index in [1.54, 1.807) is 6.92 Å². The Morgan fingerprint density at radius 3 is 2.33 bits per heavy atom. The summed E-state index contributed by atoms with van der Waals surface area (Å²) in [6.45, 7) is 1.87. The summed E-state index contributed by atoms with van der Waals surface area (Å²) in [6, 6.07) is 3.93. The van der Waals surface area contributed by atoms with E-state index in [2.05, 4.69) is 20.4 Å². The van der Waals surface area contributed by atoms with Crippen molar-refractivity contribution in [2.75, 3.05) is 0 Å². The molecule has 0 saturated carbocycles. The Kier molecular flexibility index (Phi) is 7.40. The molecule has 1 aromatic carbocycles. The van der Waals surface area contributed by atoms with Crippen LogP contribution < -0.4 is 5.14 Å². The van der Waals surface area contributed by atoms with Gasteiger partial charge in [0.25, 0.3) is 5.91 Å². The molecule has 5 rings (SSSR count). The molecule has 0 radical (unpaired) electrons. The maximum atomic E-state index is 14.4. The molecule has 0 fully saturated rings. The highest BCUT2D eigenvalue weighted by molar-refractivity contribution is 7.89. The van der Waals surface area contributed by atoms with E-state index in [4.69, 9.17) is 5.14 Å². The highest BCUT2D eigenvalue weighted by atomic mass is 32.2. The van der Waals surface area contributed by atoms with Crippen LogP contribution in [0.2, 0.25) is 0 Å². The van der Waals surface area contributed by atoms with Crippen LogP contribution in [0.5, 0.6) is 0 Å². The smallest absolute Gasteiger partial charge is 0.334 e. The van der Waals surface area contributed by atoms with Crippen molar-refractivity contribution < 1.29 is 35.6 Å². The van der Waals surface area contributed by atoms with Crippen molar-refractivity contribution in [1.82, 2.24) is 34.7 Å². The van der Waals surface area contributed by atoms with E-state index < -0.39 is 44.1 Å². The molecule has 0 aliphatic carbocycles. The predicted octanol–water partition coefficient (Wildman–Crippen LogP) is 2.20. The van der Waals surface area contributed by atoms with Crippen molar-refractivity contribution in [3.05, 3.63) is 88.0 Å². The third kappa shape index (κ3) is 6.06. The lowest BCUT2D eigenvalue weighted by atomic mass is 9.99. The molecule has 17 heteroatoms. The summed E-state index contributed by atoms with van der Waals surface area (Å²) in [6.07, 6.45) is -0.721. The summed E-state index contributed by atoms with van der Waals surface area (Å²) in [5, 5.41) is 16.5. The number of hydrogen-bond donors (Lipinski definition) is 1. The van der Waals surface area contributed by atoms with Crippen LogP contribution in [-0.4, -0.2) is 54.9 Å². The second kappa shape index (κ2) is 10.7. The van der Waals surface area contributed by atoms with Gasteiger partial charge in [0, 0.05) is 38.1 Å². The minimum absolute atomic E-state index is 0.0108. The molecule has 1 amide bonds. The highest BCUT2D eigenvalue weighted by Crippen LogP contribution is 2.31. The van der Waals surface area contributed by atoms with Crippen LogP contribution in [0.4, 0.5) is 17.6 Å². The highest BCUT2D eigenvalue weighted by Gasteiger charge is 2.32. The average molecular weight is 607 g/mol. The van der Waals surface area contributed by atoms with Gasteiger partial charge in [-0.1, -0.05) is 6.07 Å². The number of aryl methyl sites for hydroxylation is 2. The number of pyridine rings is 1. The van der Waals surface area contributed by atoms with Gasteiger partial charge >= 0.3 is 6.18 Å². The van der Waals surface area contributed by atoms with Gasteiger partial charge in [0.05, 0.1) is 12.1 Å². The van der Waals surface area contributed by atoms with Crippen molar-refractivity contribution in [2.45, 2.75) is 50.5 Å². The monoisotopic (exact) mass is 606 g/mol. The molecular formula is C25H22F4N8O4S. The molecule has 4 aromatic rings. The van der Waals surface area contributed by atoms with Gasteiger partial charge in [-0.2, -0.15) is 18.0 Å². The maximum absolute atomic E-state index is 14.4. The molecule has 0 spiro atoms. The Morgan fingerprint density at radius 1 is 1.07 bits per heavy atom. The van der Waals surface area contributed by atoms with Gasteiger partial charge in [0.15, 0.2) is 17.3 Å². The quantitative estimate of drug-likeness (QED) is 0.314. The number of amides is 1. The van der Waals surface area contributed by atoms with Gasteiger partial charge in [-0.05, 0) is 59.0 Å². The molecule has 1 aliphatic heterocycles. The molecule has 0 unspecified atom stereocenters. The first kappa shape index (κ1) is 29.0. The van der Waals surface area contributed by atoms with Crippen LogP contribution in [-0.2, 0) is 47.0 Å². The Labute approximate surface area is 235 Å². The molecule has 0 saturated heterocycles. The summed E-state index contributed by atoms with van der Waals surface area (Å²) in [5.74, 6) is -1.89. The number of fused-ring (bicyclic) bond motifs is 1. The van der Waals surface area contributed by atoms with E-state index >= 15 is 0 Å². The number of carbonyl (C=O) groups is 2. The summed E-state index contributed by atoms with van der Waals surface area (Å²) in [4.78, 5) is 31.5. The van der Waals surface area contributed by atoms with E-state index in [-0.39, 0.29) is 38.4 Å². The van der Waals surface area contributed by atoms with E-state index in [9.17, 15) is 35.6 Å². The van der Waals surface area contributed by atoms with Gasteiger partial charge in [0.2, 0.25) is 15.9 Å². The lowest BCUT2D eigenvalue weighted by Gasteiger charge is -2.17. The van der Waals surface area contributed by atoms with Crippen molar-refractivity contribution in [3.8, 4) is 0 Å². The molecule has 4 heterocycles. The lowest BCUT2D eigenvalue weighted by molar-refractivity contribution is -0.137. The standard InChI is InChI=1S/C25H22F4N8O4S/c1-14-32-34-37(33-14)13-16-6-19(25(27,28)29)4-2-15(16)3-5-22(38)35-9-17-11-36(12-18(17)10-35)24(39)23-21(26)7-20(8-31-23)42(30,40)41/h2,4,6-8,11-12H,3,5,9-10,13H2,1H3,(H2,30,40,41). The summed E-state index contributed by atoms with van der Waals surface area (Å²) in [5.41, 5.74) is 0.690. The van der Waals surface area contributed by atoms with Crippen LogP contribution in [0.15, 0.2) is 47.8 Å². The van der Waals surface area contributed by atoms with Crippen LogP contribution in [0, 0.1) is 12.7 Å². The van der Waals surface area contributed by atoms with Gasteiger partial charge < -0.3 is 4.90 Å². The topological polar surface area (TPSA) is 159 Å². The first-order valence-corrected chi connectivity index (χ1v) is 13.9. The van der Waals surface area contributed by atoms with E-state index in [0.717, 1.165) is 22.9 Å². The average Bonchev–Trinajstić information content (AvgIpc) is 3.61. The molecule has 0 atom stereocenters. The number of sulfonamides is 1. The fraction of sp³-hybridized carbons (Fsp3) is 0.280. The SMILES string of the molecule is Cc1nnn(Cc2cc(C(F)(F)F)ccc2CCC(=O)N2Cc3cn(C(=O)c4ncc(S(N)(=O)=O)cc4F)cc3C2)n1. The molecule has 0 bridgehead atoms. The number of carbonyl (C=O) groups excluding carboxylic acids is 2. The zero-order chi connectivity index (χ0) is 30.4.